The third-order valence-corrected chi connectivity index (χ3v) is 4.79. The average molecular weight is 357 g/mol. The Morgan fingerprint density at radius 3 is 2.80 bits per heavy atom. The van der Waals surface area contributed by atoms with E-state index in [1.807, 2.05) is 57.9 Å². The lowest BCUT2D eigenvalue weighted by molar-refractivity contribution is -0.124. The molecule has 0 bridgehead atoms. The third kappa shape index (κ3) is 4.42. The first-order chi connectivity index (χ1) is 12.3. The van der Waals surface area contributed by atoms with Gasteiger partial charge in [0.2, 0.25) is 5.91 Å². The molecular weight excluding hydrogens is 334 g/mol. The summed E-state index contributed by atoms with van der Waals surface area (Å²) < 4.78 is 3.97. The molecule has 0 aliphatic heterocycles. The number of aromatic nitrogens is 4. The average Bonchev–Trinajstić information content (AvgIpc) is 3.29. The highest BCUT2D eigenvalue weighted by atomic mass is 32.2. The zero-order valence-corrected chi connectivity index (χ0v) is 15.2. The highest BCUT2D eigenvalue weighted by Crippen LogP contribution is 2.15. The lowest BCUT2D eigenvalue weighted by atomic mass is 10.2. The van der Waals surface area contributed by atoms with Gasteiger partial charge in [0.25, 0.3) is 0 Å². The van der Waals surface area contributed by atoms with Crippen LogP contribution < -0.4 is 5.32 Å². The fraction of sp³-hybridized carbons (Fsp3) is 0.389. The summed E-state index contributed by atoms with van der Waals surface area (Å²) in [5.41, 5.74) is 0.853. The Labute approximate surface area is 151 Å². The molecule has 1 unspecified atom stereocenters. The number of carbonyl (C=O) groups is 1. The van der Waals surface area contributed by atoms with Crippen LogP contribution in [-0.2, 0) is 11.2 Å². The standard InChI is InChI=1S/C18H23N5OS/c1-25-14-9-15(22-11-4-5-12-22)18(24)19-10-6-8-17-21-20-16-7-2-3-13-23(16)17/h2-5,7,11-13,15H,6,8-10,14H2,1H3,(H,19,24). The van der Waals surface area contributed by atoms with Crippen molar-refractivity contribution in [2.75, 3.05) is 18.6 Å². The zero-order chi connectivity index (χ0) is 17.5. The van der Waals surface area contributed by atoms with Gasteiger partial charge in [-0.25, -0.2) is 0 Å². The van der Waals surface area contributed by atoms with Crippen LogP contribution in [-0.4, -0.2) is 43.6 Å². The van der Waals surface area contributed by atoms with Gasteiger partial charge in [-0.2, -0.15) is 11.8 Å². The zero-order valence-electron chi connectivity index (χ0n) is 14.3. The van der Waals surface area contributed by atoms with Gasteiger partial charge in [0.05, 0.1) is 0 Å². The quantitative estimate of drug-likeness (QED) is 0.598. The van der Waals surface area contributed by atoms with E-state index in [4.69, 9.17) is 0 Å². The molecule has 3 aromatic heterocycles. The first-order valence-electron chi connectivity index (χ1n) is 8.47. The van der Waals surface area contributed by atoms with Crippen molar-refractivity contribution in [3.05, 3.63) is 54.7 Å². The van der Waals surface area contributed by atoms with E-state index in [9.17, 15) is 4.79 Å². The Morgan fingerprint density at radius 2 is 2.00 bits per heavy atom. The molecule has 1 atom stereocenters. The van der Waals surface area contributed by atoms with Crippen molar-refractivity contribution in [3.8, 4) is 0 Å². The largest absolute Gasteiger partial charge is 0.354 e. The molecule has 3 rings (SSSR count). The van der Waals surface area contributed by atoms with E-state index < -0.39 is 0 Å². The van der Waals surface area contributed by atoms with Crippen LogP contribution in [0.3, 0.4) is 0 Å². The highest BCUT2D eigenvalue weighted by molar-refractivity contribution is 7.98. The Balaban J connectivity index is 1.51. The summed E-state index contributed by atoms with van der Waals surface area (Å²) in [5, 5.41) is 11.4. The maximum atomic E-state index is 12.5. The van der Waals surface area contributed by atoms with Crippen molar-refractivity contribution < 1.29 is 4.79 Å². The number of hydrogen-bond acceptors (Lipinski definition) is 4. The van der Waals surface area contributed by atoms with E-state index >= 15 is 0 Å². The van der Waals surface area contributed by atoms with E-state index in [0.29, 0.717) is 6.54 Å². The van der Waals surface area contributed by atoms with Gasteiger partial charge in [-0.15, -0.1) is 10.2 Å². The van der Waals surface area contributed by atoms with Gasteiger partial charge in [-0.05, 0) is 49.1 Å². The van der Waals surface area contributed by atoms with Gasteiger partial charge in [0.1, 0.15) is 11.9 Å². The highest BCUT2D eigenvalue weighted by Gasteiger charge is 2.18. The molecule has 0 saturated heterocycles. The second kappa shape index (κ2) is 8.71. The molecule has 0 saturated carbocycles. The minimum atomic E-state index is -0.142. The van der Waals surface area contributed by atoms with Crippen molar-refractivity contribution in [1.82, 2.24) is 24.5 Å². The van der Waals surface area contributed by atoms with Gasteiger partial charge in [-0.1, -0.05) is 6.07 Å². The summed E-state index contributed by atoms with van der Waals surface area (Å²) in [6.45, 7) is 0.637. The summed E-state index contributed by atoms with van der Waals surface area (Å²) >= 11 is 1.76. The number of rotatable bonds is 9. The predicted octanol–water partition coefficient (Wildman–Crippen LogP) is 2.57. The fourth-order valence-electron chi connectivity index (χ4n) is 2.84. The van der Waals surface area contributed by atoms with E-state index in [1.54, 1.807) is 11.8 Å². The SMILES string of the molecule is CSCCC(C(=O)NCCCc1nnc2ccccn12)n1cccc1. The van der Waals surface area contributed by atoms with Gasteiger partial charge in [0, 0.05) is 31.6 Å². The van der Waals surface area contributed by atoms with Gasteiger partial charge in [0.15, 0.2) is 5.65 Å². The number of hydrogen-bond donors (Lipinski definition) is 1. The molecule has 6 nitrogen and oxygen atoms in total. The van der Waals surface area contributed by atoms with Crippen molar-refractivity contribution >= 4 is 23.3 Å². The molecular formula is C18H23N5OS. The minimum absolute atomic E-state index is 0.0800. The van der Waals surface area contributed by atoms with Crippen LogP contribution in [0.5, 0.6) is 0 Å². The van der Waals surface area contributed by atoms with Crippen LogP contribution in [0, 0.1) is 0 Å². The molecule has 0 spiro atoms. The van der Waals surface area contributed by atoms with Crippen LogP contribution in [0.1, 0.15) is 24.7 Å². The molecule has 0 aliphatic rings. The Hall–Kier alpha value is -2.28. The molecule has 3 aromatic rings. The second-order valence-corrected chi connectivity index (χ2v) is 6.85. The molecule has 7 heteroatoms. The summed E-state index contributed by atoms with van der Waals surface area (Å²) in [6, 6.07) is 9.62. The molecule has 0 radical (unpaired) electrons. The van der Waals surface area contributed by atoms with E-state index in [-0.39, 0.29) is 11.9 Å². The molecule has 3 heterocycles. The van der Waals surface area contributed by atoms with Crippen LogP contribution in [0.15, 0.2) is 48.9 Å². The molecule has 1 N–H and O–H groups in total. The molecule has 0 fully saturated rings. The molecule has 25 heavy (non-hydrogen) atoms. The van der Waals surface area contributed by atoms with Gasteiger partial charge >= 0.3 is 0 Å². The third-order valence-electron chi connectivity index (χ3n) is 4.15. The van der Waals surface area contributed by atoms with Gasteiger partial charge in [-0.3, -0.25) is 9.20 Å². The number of pyridine rings is 1. The summed E-state index contributed by atoms with van der Waals surface area (Å²) in [5.74, 6) is 1.97. The fourth-order valence-corrected chi connectivity index (χ4v) is 3.30. The number of nitrogens with zero attached hydrogens (tertiary/aromatic N) is 4. The minimum Gasteiger partial charge on any atom is -0.354 e. The predicted molar refractivity (Wildman–Crippen MR) is 101 cm³/mol. The lowest BCUT2D eigenvalue weighted by Gasteiger charge is -2.18. The number of nitrogens with one attached hydrogen (secondary N) is 1. The summed E-state index contributed by atoms with van der Waals surface area (Å²) in [6.07, 6.45) is 10.4. The van der Waals surface area contributed by atoms with E-state index in [1.165, 1.54) is 0 Å². The smallest absolute Gasteiger partial charge is 0.243 e. The van der Waals surface area contributed by atoms with Crippen molar-refractivity contribution in [2.45, 2.75) is 25.3 Å². The van der Waals surface area contributed by atoms with Crippen LogP contribution in [0.25, 0.3) is 5.65 Å². The van der Waals surface area contributed by atoms with Crippen LogP contribution in [0.2, 0.25) is 0 Å². The number of carbonyl (C=O) groups excluding carboxylic acids is 1. The second-order valence-electron chi connectivity index (χ2n) is 5.87. The number of fused-ring (bicyclic) bond motifs is 1. The van der Waals surface area contributed by atoms with Crippen molar-refractivity contribution in [1.29, 1.82) is 0 Å². The van der Waals surface area contributed by atoms with E-state index in [0.717, 1.165) is 36.5 Å². The molecule has 1 amide bonds. The Morgan fingerprint density at radius 1 is 1.20 bits per heavy atom. The monoisotopic (exact) mass is 357 g/mol. The summed E-state index contributed by atoms with van der Waals surface area (Å²) in [4.78, 5) is 12.5. The Kier molecular flexibility index (Phi) is 6.11. The van der Waals surface area contributed by atoms with Crippen LogP contribution >= 0.6 is 11.8 Å². The molecule has 0 aliphatic carbocycles. The lowest BCUT2D eigenvalue weighted by Crippen LogP contribution is -2.33. The molecule has 0 aromatic carbocycles. The summed E-state index contributed by atoms with van der Waals surface area (Å²) in [7, 11) is 0. The van der Waals surface area contributed by atoms with Crippen LogP contribution in [0.4, 0.5) is 0 Å². The first-order valence-corrected chi connectivity index (χ1v) is 9.86. The maximum absolute atomic E-state index is 12.5. The van der Waals surface area contributed by atoms with Crippen molar-refractivity contribution in [3.63, 3.8) is 0 Å². The maximum Gasteiger partial charge on any atom is 0.243 e. The number of aryl methyl sites for hydroxylation is 1. The normalized spacial score (nSPS) is 12.4. The first kappa shape index (κ1) is 17.5. The number of amides is 1. The van der Waals surface area contributed by atoms with E-state index in [2.05, 4.69) is 21.8 Å². The Bertz CT molecular complexity index is 799. The van der Waals surface area contributed by atoms with Gasteiger partial charge < -0.3 is 9.88 Å². The molecule has 132 valence electrons. The number of thioether (sulfide) groups is 1. The van der Waals surface area contributed by atoms with Crippen molar-refractivity contribution in [2.24, 2.45) is 0 Å². The topological polar surface area (TPSA) is 64.2 Å².